The zero-order valence-electron chi connectivity index (χ0n) is 14.6. The van der Waals surface area contributed by atoms with Gasteiger partial charge in [0.15, 0.2) is 0 Å². The van der Waals surface area contributed by atoms with Crippen molar-refractivity contribution in [2.75, 3.05) is 26.8 Å². The lowest BCUT2D eigenvalue weighted by Gasteiger charge is -2.48. The highest BCUT2D eigenvalue weighted by Crippen LogP contribution is 2.37. The Balaban J connectivity index is 1.51. The van der Waals surface area contributed by atoms with Gasteiger partial charge in [-0.3, -0.25) is 4.90 Å². The summed E-state index contributed by atoms with van der Waals surface area (Å²) in [6, 6.07) is 0. The third kappa shape index (κ3) is 3.95. The smallest absolute Gasteiger partial charge is 0.106 e. The minimum atomic E-state index is -0.0379. The van der Waals surface area contributed by atoms with Gasteiger partial charge in [0.05, 0.1) is 11.7 Å². The van der Waals surface area contributed by atoms with Gasteiger partial charge in [-0.15, -0.1) is 0 Å². The molecule has 0 amide bonds. The third-order valence-corrected chi connectivity index (χ3v) is 5.42. The largest absolute Gasteiger partial charge is 0.378 e. The van der Waals surface area contributed by atoms with E-state index in [2.05, 4.69) is 21.8 Å². The zero-order chi connectivity index (χ0) is 16.1. The molecule has 2 aliphatic rings. The summed E-state index contributed by atoms with van der Waals surface area (Å²) in [6.07, 6.45) is 10.2. The number of nitrogens with zero attached hydrogens (tertiary/aromatic N) is 2. The number of nitrogens with one attached hydrogen (secondary N) is 1. The quantitative estimate of drug-likeness (QED) is 0.875. The van der Waals surface area contributed by atoms with Crippen LogP contribution in [-0.2, 0) is 22.4 Å². The molecule has 0 radical (unpaired) electrons. The third-order valence-electron chi connectivity index (χ3n) is 5.42. The van der Waals surface area contributed by atoms with Crippen molar-refractivity contribution in [2.45, 2.75) is 70.1 Å². The highest BCUT2D eigenvalue weighted by Gasteiger charge is 2.44. The van der Waals surface area contributed by atoms with E-state index in [-0.39, 0.29) is 11.7 Å². The Morgan fingerprint density at radius 2 is 2.26 bits per heavy atom. The summed E-state index contributed by atoms with van der Waals surface area (Å²) in [7, 11) is 1.83. The summed E-state index contributed by atoms with van der Waals surface area (Å²) in [4.78, 5) is 10.5. The summed E-state index contributed by atoms with van der Waals surface area (Å²) in [6.45, 7) is 6.22. The van der Waals surface area contributed by atoms with Crippen LogP contribution in [0, 0.1) is 0 Å². The second-order valence-corrected chi connectivity index (χ2v) is 7.01. The molecular weight excluding hydrogens is 290 g/mol. The van der Waals surface area contributed by atoms with E-state index < -0.39 is 0 Å². The number of hydrogen-bond donors (Lipinski definition) is 1. The predicted molar refractivity (Wildman–Crippen MR) is 90.4 cm³/mol. The maximum Gasteiger partial charge on any atom is 0.106 e. The van der Waals surface area contributed by atoms with Gasteiger partial charge in [-0.05, 0) is 32.1 Å². The van der Waals surface area contributed by atoms with Crippen LogP contribution in [0.15, 0.2) is 6.20 Å². The van der Waals surface area contributed by atoms with Crippen molar-refractivity contribution in [1.29, 1.82) is 0 Å². The number of aryl methyl sites for hydroxylation is 1. The van der Waals surface area contributed by atoms with E-state index in [1.165, 1.54) is 18.5 Å². The Morgan fingerprint density at radius 3 is 3.00 bits per heavy atom. The van der Waals surface area contributed by atoms with Gasteiger partial charge in [-0.1, -0.05) is 13.3 Å². The number of aromatic nitrogens is 2. The molecule has 0 saturated carbocycles. The SMILES string of the molecule is CCCCc1ncc(CN2CCC3(CC2)OCCCC3OC)[nH]1. The van der Waals surface area contributed by atoms with Crippen molar-refractivity contribution in [3.05, 3.63) is 17.7 Å². The number of H-pyrrole nitrogens is 1. The average Bonchev–Trinajstić information content (AvgIpc) is 3.03. The number of aromatic amines is 1. The number of rotatable bonds is 6. The molecule has 130 valence electrons. The molecule has 5 heteroatoms. The van der Waals surface area contributed by atoms with E-state index >= 15 is 0 Å². The molecule has 1 unspecified atom stereocenters. The van der Waals surface area contributed by atoms with E-state index in [1.54, 1.807) is 0 Å². The minimum Gasteiger partial charge on any atom is -0.378 e. The van der Waals surface area contributed by atoms with Crippen LogP contribution in [0.5, 0.6) is 0 Å². The number of likely N-dealkylation sites (tertiary alicyclic amines) is 1. The fourth-order valence-electron chi connectivity index (χ4n) is 3.99. The van der Waals surface area contributed by atoms with Gasteiger partial charge in [0.25, 0.3) is 0 Å². The standard InChI is InChI=1S/C18H31N3O2/c1-3-4-7-17-19-13-15(20-17)14-21-10-8-18(9-11-21)16(22-2)6-5-12-23-18/h13,16H,3-12,14H2,1-2H3,(H,19,20). The van der Waals surface area contributed by atoms with Gasteiger partial charge in [0, 0.05) is 51.7 Å². The molecule has 1 aromatic heterocycles. The summed E-state index contributed by atoms with van der Waals surface area (Å²) in [5.74, 6) is 1.13. The molecular formula is C18H31N3O2. The molecule has 2 fully saturated rings. The maximum atomic E-state index is 6.19. The van der Waals surface area contributed by atoms with Crippen molar-refractivity contribution in [2.24, 2.45) is 0 Å². The molecule has 2 saturated heterocycles. The molecule has 0 aromatic carbocycles. The highest BCUT2D eigenvalue weighted by molar-refractivity contribution is 5.03. The predicted octanol–water partition coefficient (Wildman–Crippen LogP) is 2.91. The molecule has 0 aliphatic carbocycles. The number of ether oxygens (including phenoxy) is 2. The van der Waals surface area contributed by atoms with E-state index in [1.807, 2.05) is 13.3 Å². The van der Waals surface area contributed by atoms with Crippen LogP contribution >= 0.6 is 0 Å². The molecule has 5 nitrogen and oxygen atoms in total. The topological polar surface area (TPSA) is 50.4 Å². The van der Waals surface area contributed by atoms with Crippen molar-refractivity contribution in [1.82, 2.24) is 14.9 Å². The second-order valence-electron chi connectivity index (χ2n) is 7.01. The van der Waals surface area contributed by atoms with Crippen LogP contribution in [0.4, 0.5) is 0 Å². The van der Waals surface area contributed by atoms with E-state index in [0.29, 0.717) is 0 Å². The van der Waals surface area contributed by atoms with E-state index in [9.17, 15) is 0 Å². The number of unbranched alkanes of at least 4 members (excludes halogenated alkanes) is 1. The summed E-state index contributed by atoms with van der Waals surface area (Å²) >= 11 is 0. The molecule has 1 aromatic rings. The minimum absolute atomic E-state index is 0.0379. The Bertz CT molecular complexity index is 480. The van der Waals surface area contributed by atoms with E-state index in [4.69, 9.17) is 9.47 Å². The normalized spacial score (nSPS) is 25.0. The van der Waals surface area contributed by atoms with Gasteiger partial charge in [-0.2, -0.15) is 0 Å². The molecule has 3 rings (SSSR count). The van der Waals surface area contributed by atoms with Crippen LogP contribution in [0.3, 0.4) is 0 Å². The molecule has 2 aliphatic heterocycles. The van der Waals surface area contributed by atoms with Crippen LogP contribution in [0.2, 0.25) is 0 Å². The summed E-state index contributed by atoms with van der Waals surface area (Å²) < 4.78 is 11.9. The zero-order valence-corrected chi connectivity index (χ0v) is 14.6. The molecule has 3 heterocycles. The Kier molecular flexibility index (Phi) is 5.72. The van der Waals surface area contributed by atoms with Gasteiger partial charge in [0.2, 0.25) is 0 Å². The first kappa shape index (κ1) is 16.9. The lowest BCUT2D eigenvalue weighted by atomic mass is 9.82. The Morgan fingerprint density at radius 1 is 1.43 bits per heavy atom. The molecule has 1 spiro atoms. The number of piperidine rings is 1. The fraction of sp³-hybridized carbons (Fsp3) is 0.833. The number of methoxy groups -OCH3 is 1. The van der Waals surface area contributed by atoms with Gasteiger partial charge in [-0.25, -0.2) is 4.98 Å². The second kappa shape index (κ2) is 7.77. The summed E-state index contributed by atoms with van der Waals surface area (Å²) in [5, 5.41) is 0. The van der Waals surface area contributed by atoms with Crippen molar-refractivity contribution >= 4 is 0 Å². The first-order valence-corrected chi connectivity index (χ1v) is 9.17. The number of hydrogen-bond acceptors (Lipinski definition) is 4. The summed E-state index contributed by atoms with van der Waals surface area (Å²) in [5.41, 5.74) is 1.20. The maximum absolute atomic E-state index is 6.19. The lowest BCUT2D eigenvalue weighted by molar-refractivity contribution is -0.186. The van der Waals surface area contributed by atoms with Crippen LogP contribution < -0.4 is 0 Å². The monoisotopic (exact) mass is 321 g/mol. The van der Waals surface area contributed by atoms with Crippen LogP contribution in [0.1, 0.15) is 57.0 Å². The Hall–Kier alpha value is -0.910. The first-order valence-electron chi connectivity index (χ1n) is 9.17. The molecule has 23 heavy (non-hydrogen) atoms. The van der Waals surface area contributed by atoms with Gasteiger partial charge in [0.1, 0.15) is 5.82 Å². The average molecular weight is 321 g/mol. The van der Waals surface area contributed by atoms with E-state index in [0.717, 1.165) is 64.2 Å². The van der Waals surface area contributed by atoms with Gasteiger partial charge >= 0.3 is 0 Å². The Labute approximate surface area is 139 Å². The molecule has 1 N–H and O–H groups in total. The molecule has 0 bridgehead atoms. The highest BCUT2D eigenvalue weighted by atomic mass is 16.5. The van der Waals surface area contributed by atoms with Crippen molar-refractivity contribution < 1.29 is 9.47 Å². The fourth-order valence-corrected chi connectivity index (χ4v) is 3.99. The first-order chi connectivity index (χ1) is 11.3. The number of imidazole rings is 1. The van der Waals surface area contributed by atoms with Crippen molar-refractivity contribution in [3.8, 4) is 0 Å². The van der Waals surface area contributed by atoms with Gasteiger partial charge < -0.3 is 14.5 Å². The van der Waals surface area contributed by atoms with Crippen molar-refractivity contribution in [3.63, 3.8) is 0 Å². The molecule has 1 atom stereocenters. The van der Waals surface area contributed by atoms with Crippen LogP contribution in [-0.4, -0.2) is 53.4 Å². The lowest BCUT2D eigenvalue weighted by Crippen LogP contribution is -2.55. The van der Waals surface area contributed by atoms with Crippen LogP contribution in [0.25, 0.3) is 0 Å².